The van der Waals surface area contributed by atoms with Gasteiger partial charge in [0.05, 0.1) is 25.6 Å². The molecule has 0 aliphatic heterocycles. The number of carbonyl (C=O) groups excluding carboxylic acids is 1. The second-order valence-corrected chi connectivity index (χ2v) is 4.01. The van der Waals surface area contributed by atoms with E-state index in [4.69, 9.17) is 9.47 Å². The molecular weight excluding hydrogens is 234 g/mol. The second-order valence-electron chi connectivity index (χ2n) is 4.01. The molecule has 0 aliphatic rings. The zero-order chi connectivity index (χ0) is 13.1. The standard InChI is InChI=1S/C12H15N3O3/c1-8(7-17-2)10-4-5-13-11-9(12(16)18-3)6-14-15(10)11/h4-6,8H,7H2,1-3H3. The summed E-state index contributed by atoms with van der Waals surface area (Å²) in [5, 5.41) is 4.19. The molecule has 0 fully saturated rings. The average Bonchev–Trinajstić information content (AvgIpc) is 2.81. The minimum atomic E-state index is -0.436. The van der Waals surface area contributed by atoms with E-state index in [0.717, 1.165) is 5.69 Å². The number of ether oxygens (including phenoxy) is 2. The van der Waals surface area contributed by atoms with Crippen LogP contribution in [0, 0.1) is 0 Å². The van der Waals surface area contributed by atoms with Crippen molar-refractivity contribution in [2.75, 3.05) is 20.8 Å². The van der Waals surface area contributed by atoms with E-state index in [1.54, 1.807) is 17.8 Å². The van der Waals surface area contributed by atoms with E-state index in [-0.39, 0.29) is 5.92 Å². The Morgan fingerprint density at radius 2 is 2.28 bits per heavy atom. The second kappa shape index (κ2) is 5.14. The first-order chi connectivity index (χ1) is 8.69. The van der Waals surface area contributed by atoms with Crippen molar-refractivity contribution in [3.8, 4) is 0 Å². The first kappa shape index (κ1) is 12.5. The molecule has 0 bridgehead atoms. The lowest BCUT2D eigenvalue weighted by Crippen LogP contribution is -2.09. The predicted octanol–water partition coefficient (Wildman–Crippen LogP) is 1.27. The van der Waals surface area contributed by atoms with Gasteiger partial charge in [-0.25, -0.2) is 14.3 Å². The molecule has 0 saturated heterocycles. The number of methoxy groups -OCH3 is 2. The lowest BCUT2D eigenvalue weighted by molar-refractivity contribution is 0.0602. The van der Waals surface area contributed by atoms with Crippen molar-refractivity contribution in [2.45, 2.75) is 12.8 Å². The lowest BCUT2D eigenvalue weighted by Gasteiger charge is -2.11. The van der Waals surface area contributed by atoms with E-state index in [2.05, 4.69) is 10.1 Å². The van der Waals surface area contributed by atoms with Gasteiger partial charge in [0, 0.05) is 19.2 Å². The molecule has 2 rings (SSSR count). The maximum Gasteiger partial charge on any atom is 0.343 e. The van der Waals surface area contributed by atoms with Crippen LogP contribution in [0.1, 0.15) is 28.9 Å². The van der Waals surface area contributed by atoms with Crippen molar-refractivity contribution in [1.82, 2.24) is 14.6 Å². The highest BCUT2D eigenvalue weighted by Gasteiger charge is 2.17. The molecule has 0 saturated carbocycles. The minimum Gasteiger partial charge on any atom is -0.465 e. The number of aromatic nitrogens is 3. The summed E-state index contributed by atoms with van der Waals surface area (Å²) in [6, 6.07) is 1.87. The van der Waals surface area contributed by atoms with E-state index in [1.807, 2.05) is 13.0 Å². The van der Waals surface area contributed by atoms with Crippen molar-refractivity contribution in [3.05, 3.63) is 29.7 Å². The molecule has 6 nitrogen and oxygen atoms in total. The Bertz CT molecular complexity index is 565. The van der Waals surface area contributed by atoms with Gasteiger partial charge in [0.15, 0.2) is 5.65 Å². The molecule has 0 radical (unpaired) electrons. The van der Waals surface area contributed by atoms with Gasteiger partial charge in [-0.2, -0.15) is 5.10 Å². The molecule has 6 heteroatoms. The van der Waals surface area contributed by atoms with Gasteiger partial charge in [0.1, 0.15) is 5.56 Å². The van der Waals surface area contributed by atoms with Crippen LogP contribution in [0.25, 0.3) is 5.65 Å². The molecular formula is C12H15N3O3. The monoisotopic (exact) mass is 249 g/mol. The Labute approximate surface area is 105 Å². The Hall–Kier alpha value is -1.95. The maximum absolute atomic E-state index is 11.6. The predicted molar refractivity (Wildman–Crippen MR) is 64.6 cm³/mol. The normalized spacial score (nSPS) is 12.6. The molecule has 2 aromatic heterocycles. The fraction of sp³-hybridized carbons (Fsp3) is 0.417. The minimum absolute atomic E-state index is 0.158. The number of rotatable bonds is 4. The number of hydrogen-bond donors (Lipinski definition) is 0. The van der Waals surface area contributed by atoms with Crippen LogP contribution in [-0.4, -0.2) is 41.4 Å². The molecule has 96 valence electrons. The van der Waals surface area contributed by atoms with Crippen LogP contribution in [0.3, 0.4) is 0 Å². The number of esters is 1. The third kappa shape index (κ3) is 2.06. The van der Waals surface area contributed by atoms with Gasteiger partial charge in [-0.05, 0) is 6.07 Å². The van der Waals surface area contributed by atoms with Crippen molar-refractivity contribution < 1.29 is 14.3 Å². The summed E-state index contributed by atoms with van der Waals surface area (Å²) in [5.41, 5.74) is 1.81. The Kier molecular flexibility index (Phi) is 3.57. The highest BCUT2D eigenvalue weighted by Crippen LogP contribution is 2.18. The molecule has 0 aromatic carbocycles. The first-order valence-corrected chi connectivity index (χ1v) is 5.59. The SMILES string of the molecule is COCC(C)c1ccnc2c(C(=O)OC)cnn12. The van der Waals surface area contributed by atoms with E-state index in [1.165, 1.54) is 13.3 Å². The van der Waals surface area contributed by atoms with E-state index in [9.17, 15) is 4.79 Å². The summed E-state index contributed by atoms with van der Waals surface area (Å²) < 4.78 is 11.5. The molecule has 0 spiro atoms. The third-order valence-electron chi connectivity index (χ3n) is 2.76. The Morgan fingerprint density at radius 1 is 1.50 bits per heavy atom. The zero-order valence-electron chi connectivity index (χ0n) is 10.6. The fourth-order valence-electron chi connectivity index (χ4n) is 1.87. The van der Waals surface area contributed by atoms with Crippen molar-refractivity contribution in [2.24, 2.45) is 0 Å². The van der Waals surface area contributed by atoms with Crippen molar-refractivity contribution in [3.63, 3.8) is 0 Å². The summed E-state index contributed by atoms with van der Waals surface area (Å²) in [7, 11) is 2.99. The molecule has 1 atom stereocenters. The molecule has 0 aliphatic carbocycles. The molecule has 1 unspecified atom stereocenters. The topological polar surface area (TPSA) is 65.7 Å². The van der Waals surface area contributed by atoms with E-state index in [0.29, 0.717) is 17.8 Å². The largest absolute Gasteiger partial charge is 0.465 e. The van der Waals surface area contributed by atoms with E-state index < -0.39 is 5.97 Å². The highest BCUT2D eigenvalue weighted by atomic mass is 16.5. The van der Waals surface area contributed by atoms with Gasteiger partial charge in [-0.1, -0.05) is 6.92 Å². The number of hydrogen-bond acceptors (Lipinski definition) is 5. The first-order valence-electron chi connectivity index (χ1n) is 5.59. The van der Waals surface area contributed by atoms with Crippen LogP contribution in [0.15, 0.2) is 18.5 Å². The lowest BCUT2D eigenvalue weighted by atomic mass is 10.1. The summed E-state index contributed by atoms with van der Waals surface area (Å²) in [6.45, 7) is 2.60. The van der Waals surface area contributed by atoms with Gasteiger partial charge in [0.25, 0.3) is 0 Å². The summed E-state index contributed by atoms with van der Waals surface area (Å²) in [4.78, 5) is 15.7. The van der Waals surface area contributed by atoms with Gasteiger partial charge < -0.3 is 9.47 Å². The number of nitrogens with zero attached hydrogens (tertiary/aromatic N) is 3. The summed E-state index contributed by atoms with van der Waals surface area (Å²) in [6.07, 6.45) is 3.13. The van der Waals surface area contributed by atoms with Crippen LogP contribution in [-0.2, 0) is 9.47 Å². The van der Waals surface area contributed by atoms with Crippen LogP contribution < -0.4 is 0 Å². The summed E-state index contributed by atoms with van der Waals surface area (Å²) in [5.74, 6) is -0.278. The van der Waals surface area contributed by atoms with Crippen molar-refractivity contribution in [1.29, 1.82) is 0 Å². The van der Waals surface area contributed by atoms with E-state index >= 15 is 0 Å². The molecule has 0 N–H and O–H groups in total. The smallest absolute Gasteiger partial charge is 0.343 e. The van der Waals surface area contributed by atoms with Gasteiger partial charge >= 0.3 is 5.97 Å². The van der Waals surface area contributed by atoms with Gasteiger partial charge in [0.2, 0.25) is 0 Å². The van der Waals surface area contributed by atoms with Crippen LogP contribution >= 0.6 is 0 Å². The quantitative estimate of drug-likeness (QED) is 0.763. The van der Waals surface area contributed by atoms with Crippen LogP contribution in [0.4, 0.5) is 0 Å². The number of carbonyl (C=O) groups is 1. The maximum atomic E-state index is 11.6. The fourth-order valence-corrected chi connectivity index (χ4v) is 1.87. The van der Waals surface area contributed by atoms with Crippen LogP contribution in [0.5, 0.6) is 0 Å². The molecule has 0 amide bonds. The third-order valence-corrected chi connectivity index (χ3v) is 2.76. The highest BCUT2D eigenvalue weighted by molar-refractivity contribution is 5.95. The number of fused-ring (bicyclic) bond motifs is 1. The Balaban J connectivity index is 2.51. The molecule has 2 heterocycles. The molecule has 18 heavy (non-hydrogen) atoms. The average molecular weight is 249 g/mol. The van der Waals surface area contributed by atoms with Gasteiger partial charge in [-0.3, -0.25) is 0 Å². The van der Waals surface area contributed by atoms with Gasteiger partial charge in [-0.15, -0.1) is 0 Å². The zero-order valence-corrected chi connectivity index (χ0v) is 10.6. The van der Waals surface area contributed by atoms with Crippen molar-refractivity contribution >= 4 is 11.6 Å². The molecule has 2 aromatic rings. The summed E-state index contributed by atoms with van der Waals surface area (Å²) >= 11 is 0. The Morgan fingerprint density at radius 3 is 2.94 bits per heavy atom. The van der Waals surface area contributed by atoms with Crippen LogP contribution in [0.2, 0.25) is 0 Å².